The SMILES string of the molecule is CCCCCCCCCCCOC(=O)/C=C/C(=O)OC(C)CCCC. The number of ether oxygens (including phenoxy) is 2. The van der Waals surface area contributed by atoms with Gasteiger partial charge in [0.05, 0.1) is 12.7 Å². The fraction of sp³-hybridized carbons (Fsp3) is 0.810. The van der Waals surface area contributed by atoms with Crippen molar-refractivity contribution in [2.45, 2.75) is 104 Å². The monoisotopic (exact) mass is 354 g/mol. The third-order valence-corrected chi connectivity index (χ3v) is 4.13. The van der Waals surface area contributed by atoms with Crippen LogP contribution in [0.25, 0.3) is 0 Å². The number of hydrogen-bond donors (Lipinski definition) is 0. The average molecular weight is 355 g/mol. The predicted octanol–water partition coefficient (Wildman–Crippen LogP) is 5.74. The summed E-state index contributed by atoms with van der Waals surface area (Å²) in [6.45, 7) is 6.61. The summed E-state index contributed by atoms with van der Waals surface area (Å²) in [6.07, 6.45) is 16.2. The minimum atomic E-state index is -0.483. The highest BCUT2D eigenvalue weighted by atomic mass is 16.5. The second kappa shape index (κ2) is 17.5. The molecule has 0 aliphatic heterocycles. The van der Waals surface area contributed by atoms with Gasteiger partial charge in [-0.15, -0.1) is 0 Å². The Hall–Kier alpha value is -1.32. The highest BCUT2D eigenvalue weighted by Gasteiger charge is 2.07. The van der Waals surface area contributed by atoms with Gasteiger partial charge in [0.1, 0.15) is 0 Å². The fourth-order valence-electron chi connectivity index (χ4n) is 2.56. The number of carbonyl (C=O) groups is 2. The second-order valence-electron chi connectivity index (χ2n) is 6.72. The quantitative estimate of drug-likeness (QED) is 0.201. The van der Waals surface area contributed by atoms with Crippen molar-refractivity contribution in [2.75, 3.05) is 6.61 Å². The minimum absolute atomic E-state index is 0.116. The smallest absolute Gasteiger partial charge is 0.331 e. The first kappa shape index (κ1) is 23.7. The fourth-order valence-corrected chi connectivity index (χ4v) is 2.56. The normalized spacial score (nSPS) is 12.3. The topological polar surface area (TPSA) is 52.6 Å². The molecule has 0 aliphatic carbocycles. The van der Waals surface area contributed by atoms with Gasteiger partial charge in [-0.3, -0.25) is 0 Å². The summed E-state index contributed by atoms with van der Waals surface area (Å²) < 4.78 is 10.3. The molecule has 1 atom stereocenters. The maximum Gasteiger partial charge on any atom is 0.331 e. The van der Waals surface area contributed by atoms with Gasteiger partial charge in [-0.2, -0.15) is 0 Å². The van der Waals surface area contributed by atoms with Crippen molar-refractivity contribution < 1.29 is 19.1 Å². The summed E-state index contributed by atoms with van der Waals surface area (Å²) in [7, 11) is 0. The van der Waals surface area contributed by atoms with Crippen LogP contribution in [0.1, 0.15) is 97.8 Å². The van der Waals surface area contributed by atoms with Crippen LogP contribution in [0.2, 0.25) is 0 Å². The molecular weight excluding hydrogens is 316 g/mol. The zero-order valence-electron chi connectivity index (χ0n) is 16.6. The molecule has 0 aromatic heterocycles. The molecule has 0 aromatic rings. The summed E-state index contributed by atoms with van der Waals surface area (Å²) in [5.41, 5.74) is 0. The highest BCUT2D eigenvalue weighted by molar-refractivity contribution is 5.91. The molecule has 0 rings (SSSR count). The van der Waals surface area contributed by atoms with E-state index in [9.17, 15) is 9.59 Å². The van der Waals surface area contributed by atoms with E-state index < -0.39 is 11.9 Å². The summed E-state index contributed by atoms with van der Waals surface area (Å²) >= 11 is 0. The molecule has 25 heavy (non-hydrogen) atoms. The Morgan fingerprint density at radius 2 is 1.28 bits per heavy atom. The third kappa shape index (κ3) is 17.3. The summed E-state index contributed by atoms with van der Waals surface area (Å²) in [4.78, 5) is 23.1. The van der Waals surface area contributed by atoms with Gasteiger partial charge in [0.2, 0.25) is 0 Å². The molecule has 0 bridgehead atoms. The summed E-state index contributed by atoms with van der Waals surface area (Å²) in [5.74, 6) is -0.957. The van der Waals surface area contributed by atoms with Crippen LogP contribution in [0.4, 0.5) is 0 Å². The van der Waals surface area contributed by atoms with Gasteiger partial charge in [0, 0.05) is 12.2 Å². The van der Waals surface area contributed by atoms with Gasteiger partial charge in [-0.25, -0.2) is 9.59 Å². The van der Waals surface area contributed by atoms with Crippen molar-refractivity contribution in [1.29, 1.82) is 0 Å². The Labute approximate surface area is 154 Å². The first-order valence-corrected chi connectivity index (χ1v) is 10.2. The van der Waals surface area contributed by atoms with Gasteiger partial charge < -0.3 is 9.47 Å². The van der Waals surface area contributed by atoms with E-state index in [0.717, 1.165) is 44.3 Å². The van der Waals surface area contributed by atoms with Gasteiger partial charge in [-0.05, 0) is 19.8 Å². The van der Waals surface area contributed by atoms with E-state index >= 15 is 0 Å². The Balaban J connectivity index is 3.55. The van der Waals surface area contributed by atoms with Crippen molar-refractivity contribution in [1.82, 2.24) is 0 Å². The summed E-state index contributed by atoms with van der Waals surface area (Å²) in [6, 6.07) is 0. The van der Waals surface area contributed by atoms with Crippen molar-refractivity contribution in [3.8, 4) is 0 Å². The van der Waals surface area contributed by atoms with E-state index in [2.05, 4.69) is 13.8 Å². The highest BCUT2D eigenvalue weighted by Crippen LogP contribution is 2.09. The first-order chi connectivity index (χ1) is 12.1. The van der Waals surface area contributed by atoms with E-state index in [0.29, 0.717) is 6.61 Å². The van der Waals surface area contributed by atoms with Crippen LogP contribution in [-0.2, 0) is 19.1 Å². The molecule has 0 saturated carbocycles. The van der Waals surface area contributed by atoms with Crippen molar-refractivity contribution >= 4 is 11.9 Å². The van der Waals surface area contributed by atoms with Gasteiger partial charge in [0.25, 0.3) is 0 Å². The number of rotatable bonds is 16. The molecule has 146 valence electrons. The maximum absolute atomic E-state index is 11.5. The Morgan fingerprint density at radius 3 is 1.88 bits per heavy atom. The molecule has 0 amide bonds. The first-order valence-electron chi connectivity index (χ1n) is 10.2. The minimum Gasteiger partial charge on any atom is -0.463 e. The molecular formula is C21H38O4. The maximum atomic E-state index is 11.5. The lowest BCUT2D eigenvalue weighted by Gasteiger charge is -2.10. The van der Waals surface area contributed by atoms with E-state index in [1.165, 1.54) is 44.9 Å². The zero-order valence-corrected chi connectivity index (χ0v) is 16.6. The Bertz CT molecular complexity index is 363. The van der Waals surface area contributed by atoms with Crippen LogP contribution < -0.4 is 0 Å². The Kier molecular flexibility index (Phi) is 16.6. The predicted molar refractivity (Wildman–Crippen MR) is 102 cm³/mol. The van der Waals surface area contributed by atoms with Crippen molar-refractivity contribution in [2.24, 2.45) is 0 Å². The number of hydrogen-bond acceptors (Lipinski definition) is 4. The molecule has 0 aliphatic rings. The molecule has 0 N–H and O–H groups in total. The molecule has 4 heteroatoms. The van der Waals surface area contributed by atoms with Crippen LogP contribution in [0.15, 0.2) is 12.2 Å². The van der Waals surface area contributed by atoms with E-state index in [1.807, 2.05) is 6.92 Å². The molecule has 4 nitrogen and oxygen atoms in total. The lowest BCUT2D eigenvalue weighted by atomic mass is 10.1. The number of esters is 2. The molecule has 0 saturated heterocycles. The van der Waals surface area contributed by atoms with Gasteiger partial charge in [0.15, 0.2) is 0 Å². The van der Waals surface area contributed by atoms with Crippen LogP contribution in [0.5, 0.6) is 0 Å². The Morgan fingerprint density at radius 1 is 0.760 bits per heavy atom. The van der Waals surface area contributed by atoms with Crippen LogP contribution >= 0.6 is 0 Å². The molecule has 1 unspecified atom stereocenters. The van der Waals surface area contributed by atoms with Crippen molar-refractivity contribution in [3.05, 3.63) is 12.2 Å². The molecule has 0 spiro atoms. The lowest BCUT2D eigenvalue weighted by molar-refractivity contribution is -0.143. The van der Waals surface area contributed by atoms with Crippen LogP contribution in [0, 0.1) is 0 Å². The van der Waals surface area contributed by atoms with Crippen LogP contribution in [0.3, 0.4) is 0 Å². The van der Waals surface area contributed by atoms with E-state index in [-0.39, 0.29) is 6.10 Å². The lowest BCUT2D eigenvalue weighted by Crippen LogP contribution is -2.13. The van der Waals surface area contributed by atoms with Gasteiger partial charge in [-0.1, -0.05) is 78.1 Å². The molecule has 0 fully saturated rings. The standard InChI is InChI=1S/C21H38O4/c1-4-6-8-9-10-11-12-13-14-18-24-20(22)16-17-21(23)25-19(3)15-7-5-2/h16-17,19H,4-15,18H2,1-3H3/b17-16+. The molecule has 0 aromatic carbocycles. The molecule has 0 heterocycles. The third-order valence-electron chi connectivity index (χ3n) is 4.13. The van der Waals surface area contributed by atoms with Crippen molar-refractivity contribution in [3.63, 3.8) is 0 Å². The number of carbonyl (C=O) groups excluding carboxylic acids is 2. The second-order valence-corrected chi connectivity index (χ2v) is 6.72. The molecule has 0 radical (unpaired) electrons. The average Bonchev–Trinajstić information content (AvgIpc) is 2.59. The van der Waals surface area contributed by atoms with E-state index in [4.69, 9.17) is 9.47 Å². The van der Waals surface area contributed by atoms with E-state index in [1.54, 1.807) is 0 Å². The van der Waals surface area contributed by atoms with Crippen LogP contribution in [-0.4, -0.2) is 24.6 Å². The van der Waals surface area contributed by atoms with Gasteiger partial charge >= 0.3 is 11.9 Å². The largest absolute Gasteiger partial charge is 0.463 e. The zero-order chi connectivity index (χ0) is 18.8. The number of unbranched alkanes of at least 4 members (excludes halogenated alkanes) is 9. The summed E-state index contributed by atoms with van der Waals surface area (Å²) in [5, 5.41) is 0.